The molecule has 106 valence electrons. The van der Waals surface area contributed by atoms with Crippen molar-refractivity contribution in [3.8, 4) is 11.5 Å². The molecule has 3 nitrogen and oxygen atoms in total. The lowest BCUT2D eigenvalue weighted by Crippen LogP contribution is -2.43. The van der Waals surface area contributed by atoms with Gasteiger partial charge in [-0.1, -0.05) is 25.5 Å². The molecule has 0 radical (unpaired) electrons. The number of hydrogen-bond acceptors (Lipinski definition) is 3. The summed E-state index contributed by atoms with van der Waals surface area (Å²) in [6.07, 6.45) is 6.12. The summed E-state index contributed by atoms with van der Waals surface area (Å²) in [4.78, 5) is 0. The lowest BCUT2D eigenvalue weighted by Gasteiger charge is -2.32. The predicted octanol–water partition coefficient (Wildman–Crippen LogP) is 3.38. The minimum Gasteiger partial charge on any atom is -0.490 e. The van der Waals surface area contributed by atoms with E-state index in [1.165, 1.54) is 19.3 Å². The van der Waals surface area contributed by atoms with E-state index in [1.807, 2.05) is 31.3 Å². The predicted molar refractivity (Wildman–Crippen MR) is 78.0 cm³/mol. The maximum absolute atomic E-state index is 6.20. The van der Waals surface area contributed by atoms with Gasteiger partial charge in [0.1, 0.15) is 6.10 Å². The second-order valence-electron chi connectivity index (χ2n) is 5.13. The molecule has 1 aliphatic rings. The molecule has 1 N–H and O–H groups in total. The van der Waals surface area contributed by atoms with Gasteiger partial charge < -0.3 is 14.8 Å². The van der Waals surface area contributed by atoms with Gasteiger partial charge >= 0.3 is 0 Å². The zero-order valence-electron chi connectivity index (χ0n) is 12.0. The van der Waals surface area contributed by atoms with E-state index >= 15 is 0 Å². The standard InChI is InChI=1S/C16H25NO2/c1-3-12-18-15-10-6-7-11-16(15)19-14-9-5-4-8-13(14)17-2/h6-7,10-11,13-14,17H,3-5,8-9,12H2,1-2H3. The molecular weight excluding hydrogens is 238 g/mol. The van der Waals surface area contributed by atoms with Crippen LogP contribution < -0.4 is 14.8 Å². The highest BCUT2D eigenvalue weighted by molar-refractivity contribution is 5.39. The highest BCUT2D eigenvalue weighted by atomic mass is 16.5. The van der Waals surface area contributed by atoms with Crippen molar-refractivity contribution in [1.82, 2.24) is 5.32 Å². The summed E-state index contributed by atoms with van der Waals surface area (Å²) in [6, 6.07) is 8.45. The van der Waals surface area contributed by atoms with Gasteiger partial charge in [-0.3, -0.25) is 0 Å². The first kappa shape index (κ1) is 14.2. The summed E-state index contributed by atoms with van der Waals surface area (Å²) >= 11 is 0. The summed E-state index contributed by atoms with van der Waals surface area (Å²) in [5, 5.41) is 3.37. The van der Waals surface area contributed by atoms with Crippen LogP contribution >= 0.6 is 0 Å². The van der Waals surface area contributed by atoms with Gasteiger partial charge in [-0.2, -0.15) is 0 Å². The van der Waals surface area contributed by atoms with E-state index in [-0.39, 0.29) is 6.10 Å². The zero-order valence-corrected chi connectivity index (χ0v) is 12.0. The Bertz CT molecular complexity index is 381. The fraction of sp³-hybridized carbons (Fsp3) is 0.625. The molecule has 19 heavy (non-hydrogen) atoms. The lowest BCUT2D eigenvalue weighted by molar-refractivity contribution is 0.113. The maximum Gasteiger partial charge on any atom is 0.161 e. The Hall–Kier alpha value is -1.22. The Balaban J connectivity index is 2.04. The summed E-state index contributed by atoms with van der Waals surface area (Å²) in [6.45, 7) is 2.85. The molecule has 1 fully saturated rings. The van der Waals surface area contributed by atoms with Gasteiger partial charge in [0.15, 0.2) is 11.5 Å². The van der Waals surface area contributed by atoms with Crippen LogP contribution in [-0.4, -0.2) is 25.8 Å². The van der Waals surface area contributed by atoms with Crippen LogP contribution in [0.4, 0.5) is 0 Å². The first-order valence-electron chi connectivity index (χ1n) is 7.41. The number of likely N-dealkylation sites (N-methyl/N-ethyl adjacent to an activating group) is 1. The Kier molecular flexibility index (Phi) is 5.52. The van der Waals surface area contributed by atoms with E-state index in [0.29, 0.717) is 6.04 Å². The average Bonchev–Trinajstić information content (AvgIpc) is 2.47. The first-order valence-corrected chi connectivity index (χ1v) is 7.41. The number of nitrogens with one attached hydrogen (secondary N) is 1. The van der Waals surface area contributed by atoms with Crippen molar-refractivity contribution >= 4 is 0 Å². The molecular formula is C16H25NO2. The van der Waals surface area contributed by atoms with Crippen LogP contribution in [0.3, 0.4) is 0 Å². The van der Waals surface area contributed by atoms with Crippen LogP contribution in [0, 0.1) is 0 Å². The van der Waals surface area contributed by atoms with Crippen molar-refractivity contribution in [3.05, 3.63) is 24.3 Å². The summed E-state index contributed by atoms with van der Waals surface area (Å²) in [5.74, 6) is 1.74. The number of ether oxygens (including phenoxy) is 2. The first-order chi connectivity index (χ1) is 9.35. The topological polar surface area (TPSA) is 30.5 Å². The fourth-order valence-electron chi connectivity index (χ4n) is 2.61. The summed E-state index contributed by atoms with van der Waals surface area (Å²) in [5.41, 5.74) is 0. The Morgan fingerprint density at radius 1 is 1.16 bits per heavy atom. The molecule has 2 rings (SSSR count). The smallest absolute Gasteiger partial charge is 0.161 e. The largest absolute Gasteiger partial charge is 0.490 e. The molecule has 0 aliphatic heterocycles. The summed E-state index contributed by atoms with van der Waals surface area (Å²) < 4.78 is 12.0. The number of hydrogen-bond donors (Lipinski definition) is 1. The second kappa shape index (κ2) is 7.39. The van der Waals surface area contributed by atoms with Crippen LogP contribution in [0.2, 0.25) is 0 Å². The Labute approximate surface area is 116 Å². The molecule has 3 heteroatoms. The minimum absolute atomic E-state index is 0.255. The number of para-hydroxylation sites is 2. The Morgan fingerprint density at radius 2 is 1.89 bits per heavy atom. The molecule has 0 spiro atoms. The Morgan fingerprint density at radius 3 is 2.63 bits per heavy atom. The molecule has 0 heterocycles. The van der Waals surface area contributed by atoms with Crippen LogP contribution in [0.25, 0.3) is 0 Å². The van der Waals surface area contributed by atoms with Gasteiger partial charge in [0.2, 0.25) is 0 Å². The molecule has 0 aromatic heterocycles. The quantitative estimate of drug-likeness (QED) is 0.853. The van der Waals surface area contributed by atoms with Crippen molar-refractivity contribution in [2.75, 3.05) is 13.7 Å². The number of benzene rings is 1. The molecule has 1 aromatic carbocycles. The van der Waals surface area contributed by atoms with E-state index in [4.69, 9.17) is 9.47 Å². The van der Waals surface area contributed by atoms with Crippen molar-refractivity contribution < 1.29 is 9.47 Å². The monoisotopic (exact) mass is 263 g/mol. The van der Waals surface area contributed by atoms with Crippen LogP contribution in [0.15, 0.2) is 24.3 Å². The molecule has 1 aromatic rings. The van der Waals surface area contributed by atoms with Gasteiger partial charge in [-0.05, 0) is 44.9 Å². The van der Waals surface area contributed by atoms with Crippen LogP contribution in [0.5, 0.6) is 11.5 Å². The van der Waals surface area contributed by atoms with E-state index in [9.17, 15) is 0 Å². The van der Waals surface area contributed by atoms with Crippen LogP contribution in [0.1, 0.15) is 39.0 Å². The third-order valence-corrected chi connectivity index (χ3v) is 3.66. The SMILES string of the molecule is CCCOc1ccccc1OC1CCCCC1NC. The van der Waals surface area contributed by atoms with Crippen LogP contribution in [-0.2, 0) is 0 Å². The normalized spacial score (nSPS) is 23.1. The number of rotatable bonds is 6. The van der Waals surface area contributed by atoms with Gasteiger partial charge in [0.25, 0.3) is 0 Å². The zero-order chi connectivity index (χ0) is 13.5. The minimum atomic E-state index is 0.255. The molecule has 0 amide bonds. The van der Waals surface area contributed by atoms with E-state index in [0.717, 1.165) is 30.9 Å². The summed E-state index contributed by atoms with van der Waals surface area (Å²) in [7, 11) is 2.02. The van der Waals surface area contributed by atoms with Crippen molar-refractivity contribution in [1.29, 1.82) is 0 Å². The molecule has 0 saturated heterocycles. The van der Waals surface area contributed by atoms with E-state index < -0.39 is 0 Å². The molecule has 1 aliphatic carbocycles. The third-order valence-electron chi connectivity index (χ3n) is 3.66. The second-order valence-corrected chi connectivity index (χ2v) is 5.13. The van der Waals surface area contributed by atoms with Crippen molar-refractivity contribution in [3.63, 3.8) is 0 Å². The fourth-order valence-corrected chi connectivity index (χ4v) is 2.61. The van der Waals surface area contributed by atoms with Gasteiger partial charge in [0.05, 0.1) is 6.61 Å². The molecule has 2 atom stereocenters. The van der Waals surface area contributed by atoms with Gasteiger partial charge in [-0.25, -0.2) is 0 Å². The van der Waals surface area contributed by atoms with E-state index in [1.54, 1.807) is 0 Å². The molecule has 1 saturated carbocycles. The van der Waals surface area contributed by atoms with Gasteiger partial charge in [0, 0.05) is 6.04 Å². The van der Waals surface area contributed by atoms with E-state index in [2.05, 4.69) is 12.2 Å². The highest BCUT2D eigenvalue weighted by Gasteiger charge is 2.26. The third kappa shape index (κ3) is 3.87. The van der Waals surface area contributed by atoms with Crippen molar-refractivity contribution in [2.24, 2.45) is 0 Å². The average molecular weight is 263 g/mol. The highest BCUT2D eigenvalue weighted by Crippen LogP contribution is 2.31. The lowest BCUT2D eigenvalue weighted by atomic mass is 9.92. The molecule has 2 unspecified atom stereocenters. The van der Waals surface area contributed by atoms with Gasteiger partial charge in [-0.15, -0.1) is 0 Å². The maximum atomic E-state index is 6.20. The van der Waals surface area contributed by atoms with Crippen molar-refractivity contribution in [2.45, 2.75) is 51.2 Å². The molecule has 0 bridgehead atoms.